The summed E-state index contributed by atoms with van der Waals surface area (Å²) in [6.07, 6.45) is 2.11. The molecular weight excluding hydrogens is 226 g/mol. The highest BCUT2D eigenvalue weighted by Crippen LogP contribution is 2.16. The third-order valence-corrected chi connectivity index (χ3v) is 3.35. The summed E-state index contributed by atoms with van der Waals surface area (Å²) in [5.41, 5.74) is 12.9. The van der Waals surface area contributed by atoms with E-state index in [-0.39, 0.29) is 11.9 Å². The topological polar surface area (TPSA) is 81.1 Å². The first-order valence-corrected chi connectivity index (χ1v) is 6.44. The van der Waals surface area contributed by atoms with Gasteiger partial charge in [0.15, 0.2) is 0 Å². The van der Waals surface area contributed by atoms with Crippen molar-refractivity contribution in [1.82, 2.24) is 5.32 Å². The van der Waals surface area contributed by atoms with Gasteiger partial charge in [-0.1, -0.05) is 26.7 Å². The Balaban J connectivity index is 2.76. The maximum Gasteiger partial charge on any atom is 0.251 e. The first kappa shape index (κ1) is 14.4. The highest BCUT2D eigenvalue weighted by molar-refractivity contribution is 5.96. The SMILES string of the molecule is CCC(CC)C(C)NC(=O)c1cc(N)cc(N)c1. The maximum absolute atomic E-state index is 12.1. The molecule has 0 saturated carbocycles. The fraction of sp³-hybridized carbons (Fsp3) is 0.500. The van der Waals surface area contributed by atoms with Crippen LogP contribution in [0.25, 0.3) is 0 Å². The molecule has 0 heterocycles. The first-order chi connectivity index (χ1) is 8.47. The molecule has 0 saturated heterocycles. The van der Waals surface area contributed by atoms with Crippen molar-refractivity contribution in [3.05, 3.63) is 23.8 Å². The smallest absolute Gasteiger partial charge is 0.251 e. The Kier molecular flexibility index (Phi) is 5.01. The number of benzene rings is 1. The second-order valence-electron chi connectivity index (χ2n) is 4.73. The Morgan fingerprint density at radius 3 is 2.11 bits per heavy atom. The Bertz CT molecular complexity index is 393. The molecule has 4 heteroatoms. The third-order valence-electron chi connectivity index (χ3n) is 3.35. The van der Waals surface area contributed by atoms with Crippen molar-refractivity contribution < 1.29 is 4.79 Å². The van der Waals surface area contributed by atoms with Gasteiger partial charge in [0.05, 0.1) is 0 Å². The lowest BCUT2D eigenvalue weighted by atomic mass is 9.95. The third kappa shape index (κ3) is 3.65. The molecule has 0 aliphatic carbocycles. The number of anilines is 2. The molecule has 0 aliphatic rings. The minimum atomic E-state index is -0.117. The van der Waals surface area contributed by atoms with Gasteiger partial charge in [-0.25, -0.2) is 0 Å². The maximum atomic E-state index is 12.1. The lowest BCUT2D eigenvalue weighted by molar-refractivity contribution is 0.0925. The van der Waals surface area contributed by atoms with Crippen LogP contribution in [0.1, 0.15) is 44.0 Å². The Morgan fingerprint density at radius 2 is 1.67 bits per heavy atom. The van der Waals surface area contributed by atoms with Gasteiger partial charge in [-0.15, -0.1) is 0 Å². The summed E-state index contributed by atoms with van der Waals surface area (Å²) in [5, 5.41) is 3.00. The second-order valence-corrected chi connectivity index (χ2v) is 4.73. The molecule has 1 unspecified atom stereocenters. The molecule has 1 aromatic rings. The summed E-state index contributed by atoms with van der Waals surface area (Å²) in [6.45, 7) is 6.30. The van der Waals surface area contributed by atoms with E-state index in [1.807, 2.05) is 6.92 Å². The number of nitrogens with one attached hydrogen (secondary N) is 1. The quantitative estimate of drug-likeness (QED) is 0.701. The van der Waals surface area contributed by atoms with Crippen LogP contribution in [0.5, 0.6) is 0 Å². The van der Waals surface area contributed by atoms with E-state index in [0.29, 0.717) is 22.9 Å². The van der Waals surface area contributed by atoms with Crippen LogP contribution in [0, 0.1) is 5.92 Å². The summed E-state index contributed by atoms with van der Waals surface area (Å²) < 4.78 is 0. The summed E-state index contributed by atoms with van der Waals surface area (Å²) in [5.74, 6) is 0.376. The average molecular weight is 249 g/mol. The van der Waals surface area contributed by atoms with E-state index in [1.165, 1.54) is 0 Å². The molecule has 4 nitrogen and oxygen atoms in total. The van der Waals surface area contributed by atoms with Crippen LogP contribution in [0.3, 0.4) is 0 Å². The van der Waals surface area contributed by atoms with Crippen LogP contribution < -0.4 is 16.8 Å². The van der Waals surface area contributed by atoms with E-state index in [0.717, 1.165) is 12.8 Å². The molecule has 0 spiro atoms. The predicted molar refractivity (Wildman–Crippen MR) is 76.3 cm³/mol. The molecule has 0 aromatic heterocycles. The van der Waals surface area contributed by atoms with Crippen molar-refractivity contribution in [2.24, 2.45) is 5.92 Å². The van der Waals surface area contributed by atoms with Gasteiger partial charge in [0.25, 0.3) is 5.91 Å². The number of nitrogens with two attached hydrogens (primary N) is 2. The van der Waals surface area contributed by atoms with Crippen molar-refractivity contribution in [2.45, 2.75) is 39.7 Å². The van der Waals surface area contributed by atoms with E-state index in [4.69, 9.17) is 11.5 Å². The first-order valence-electron chi connectivity index (χ1n) is 6.44. The van der Waals surface area contributed by atoms with E-state index in [1.54, 1.807) is 18.2 Å². The summed E-state index contributed by atoms with van der Waals surface area (Å²) in [4.78, 5) is 12.1. The normalized spacial score (nSPS) is 12.4. The number of nitrogen functional groups attached to an aromatic ring is 2. The molecular formula is C14H23N3O. The minimum absolute atomic E-state index is 0.117. The standard InChI is InChI=1S/C14H23N3O/c1-4-10(5-2)9(3)17-14(18)11-6-12(15)8-13(16)7-11/h6-10H,4-5,15-16H2,1-3H3,(H,17,18). The zero-order valence-electron chi connectivity index (χ0n) is 11.4. The highest BCUT2D eigenvalue weighted by atomic mass is 16.1. The fourth-order valence-corrected chi connectivity index (χ4v) is 2.21. The monoisotopic (exact) mass is 249 g/mol. The predicted octanol–water partition coefficient (Wildman–Crippen LogP) is 2.41. The molecule has 0 fully saturated rings. The van der Waals surface area contributed by atoms with Crippen LogP contribution in [0.2, 0.25) is 0 Å². The summed E-state index contributed by atoms with van der Waals surface area (Å²) in [6, 6.07) is 5.08. The summed E-state index contributed by atoms with van der Waals surface area (Å²) in [7, 11) is 0. The van der Waals surface area contributed by atoms with Crippen molar-refractivity contribution in [3.8, 4) is 0 Å². The Labute approximate surface area is 109 Å². The Hall–Kier alpha value is -1.71. The minimum Gasteiger partial charge on any atom is -0.399 e. The van der Waals surface area contributed by atoms with Crippen LogP contribution in [-0.2, 0) is 0 Å². The molecule has 5 N–H and O–H groups in total. The number of hydrogen-bond donors (Lipinski definition) is 3. The second kappa shape index (κ2) is 6.28. The lowest BCUT2D eigenvalue weighted by Crippen LogP contribution is -2.37. The molecule has 1 amide bonds. The van der Waals surface area contributed by atoms with Crippen LogP contribution in [-0.4, -0.2) is 11.9 Å². The van der Waals surface area contributed by atoms with Gasteiger partial charge >= 0.3 is 0 Å². The van der Waals surface area contributed by atoms with Crippen LogP contribution in [0.4, 0.5) is 11.4 Å². The molecule has 0 aliphatic heterocycles. The average Bonchev–Trinajstić information content (AvgIpc) is 2.29. The molecule has 0 radical (unpaired) electrons. The van der Waals surface area contributed by atoms with Crippen molar-refractivity contribution >= 4 is 17.3 Å². The van der Waals surface area contributed by atoms with Gasteiger partial charge < -0.3 is 16.8 Å². The van der Waals surface area contributed by atoms with Gasteiger partial charge in [0.2, 0.25) is 0 Å². The molecule has 1 atom stereocenters. The lowest BCUT2D eigenvalue weighted by Gasteiger charge is -2.22. The molecule has 18 heavy (non-hydrogen) atoms. The fourth-order valence-electron chi connectivity index (χ4n) is 2.21. The zero-order chi connectivity index (χ0) is 13.7. The Morgan fingerprint density at radius 1 is 1.17 bits per heavy atom. The van der Waals surface area contributed by atoms with E-state index in [9.17, 15) is 4.79 Å². The van der Waals surface area contributed by atoms with Gasteiger partial charge in [0.1, 0.15) is 0 Å². The van der Waals surface area contributed by atoms with Crippen LogP contribution in [0.15, 0.2) is 18.2 Å². The number of carbonyl (C=O) groups is 1. The van der Waals surface area contributed by atoms with Gasteiger partial charge in [0, 0.05) is 23.0 Å². The molecule has 100 valence electrons. The molecule has 1 rings (SSSR count). The molecule has 1 aromatic carbocycles. The van der Waals surface area contributed by atoms with Gasteiger partial charge in [-0.05, 0) is 31.0 Å². The number of amides is 1. The molecule has 0 bridgehead atoms. The highest BCUT2D eigenvalue weighted by Gasteiger charge is 2.17. The van der Waals surface area contributed by atoms with Gasteiger partial charge in [-0.3, -0.25) is 4.79 Å². The van der Waals surface area contributed by atoms with Crippen molar-refractivity contribution in [1.29, 1.82) is 0 Å². The summed E-state index contributed by atoms with van der Waals surface area (Å²) >= 11 is 0. The van der Waals surface area contributed by atoms with Crippen LogP contribution >= 0.6 is 0 Å². The number of rotatable bonds is 5. The van der Waals surface area contributed by atoms with Crippen molar-refractivity contribution in [3.63, 3.8) is 0 Å². The largest absolute Gasteiger partial charge is 0.399 e. The number of hydrogen-bond acceptors (Lipinski definition) is 3. The van der Waals surface area contributed by atoms with E-state index in [2.05, 4.69) is 19.2 Å². The van der Waals surface area contributed by atoms with Gasteiger partial charge in [-0.2, -0.15) is 0 Å². The zero-order valence-corrected chi connectivity index (χ0v) is 11.4. The number of carbonyl (C=O) groups excluding carboxylic acids is 1. The van der Waals surface area contributed by atoms with E-state index >= 15 is 0 Å². The van der Waals surface area contributed by atoms with Crippen molar-refractivity contribution in [2.75, 3.05) is 11.5 Å². The van der Waals surface area contributed by atoms with E-state index < -0.39 is 0 Å².